The van der Waals surface area contributed by atoms with Gasteiger partial charge in [0.15, 0.2) is 0 Å². The first-order valence-electron chi connectivity index (χ1n) is 11.3. The van der Waals surface area contributed by atoms with Gasteiger partial charge in [0.05, 0.1) is 30.8 Å². The van der Waals surface area contributed by atoms with E-state index in [0.29, 0.717) is 44.4 Å². The van der Waals surface area contributed by atoms with E-state index in [1.807, 2.05) is 42.5 Å². The number of hydrogen-bond acceptors (Lipinski definition) is 6. The SMILES string of the molecule is CCOC(=O)Nc1cccc(-c2c(C(C)=N)c3ccc(OCCNC/N=C\N)cc3n2CC)c1. The van der Waals surface area contributed by atoms with Gasteiger partial charge in [0.1, 0.15) is 12.4 Å². The summed E-state index contributed by atoms with van der Waals surface area (Å²) in [6.07, 6.45) is 0.772. The highest BCUT2D eigenvalue weighted by molar-refractivity contribution is 6.14. The number of aliphatic imine (C=N–C) groups is 1. The van der Waals surface area contributed by atoms with Crippen LogP contribution in [0.2, 0.25) is 0 Å². The van der Waals surface area contributed by atoms with E-state index in [0.717, 1.165) is 33.5 Å². The van der Waals surface area contributed by atoms with Gasteiger partial charge in [-0.05, 0) is 45.0 Å². The van der Waals surface area contributed by atoms with Crippen LogP contribution in [-0.2, 0) is 11.3 Å². The number of nitrogens with two attached hydrogens (primary N) is 1. The number of nitrogens with one attached hydrogen (secondary N) is 3. The van der Waals surface area contributed by atoms with Gasteiger partial charge in [-0.25, -0.2) is 4.79 Å². The molecule has 0 aliphatic rings. The van der Waals surface area contributed by atoms with E-state index in [2.05, 4.69) is 27.1 Å². The van der Waals surface area contributed by atoms with Crippen molar-refractivity contribution in [3.05, 3.63) is 48.0 Å². The highest BCUT2D eigenvalue weighted by atomic mass is 16.5. The lowest BCUT2D eigenvalue weighted by Gasteiger charge is -2.12. The number of amides is 1. The van der Waals surface area contributed by atoms with E-state index in [9.17, 15) is 4.79 Å². The van der Waals surface area contributed by atoms with Crippen LogP contribution in [0.3, 0.4) is 0 Å². The van der Waals surface area contributed by atoms with Gasteiger partial charge in [-0.1, -0.05) is 12.1 Å². The lowest BCUT2D eigenvalue weighted by Crippen LogP contribution is -2.21. The van der Waals surface area contributed by atoms with Gasteiger partial charge < -0.3 is 25.2 Å². The molecule has 0 fully saturated rings. The fourth-order valence-electron chi connectivity index (χ4n) is 3.89. The number of aryl methyl sites for hydroxylation is 1. The maximum Gasteiger partial charge on any atom is 0.411 e. The molecule has 0 aliphatic heterocycles. The molecule has 0 unspecified atom stereocenters. The topological polar surface area (TPSA) is 127 Å². The quantitative estimate of drug-likeness (QED) is 0.192. The minimum atomic E-state index is -0.495. The molecular weight excluding hydrogens is 432 g/mol. The molecule has 0 bridgehead atoms. The number of ether oxygens (including phenoxy) is 2. The van der Waals surface area contributed by atoms with Crippen molar-refractivity contribution >= 4 is 34.7 Å². The second-order valence-corrected chi connectivity index (χ2v) is 7.54. The van der Waals surface area contributed by atoms with Crippen LogP contribution in [0.4, 0.5) is 10.5 Å². The summed E-state index contributed by atoms with van der Waals surface area (Å²) in [4.78, 5) is 15.8. The zero-order chi connectivity index (χ0) is 24.5. The number of carbonyl (C=O) groups excluding carboxylic acids is 1. The second-order valence-electron chi connectivity index (χ2n) is 7.54. The Hall–Kier alpha value is -3.85. The van der Waals surface area contributed by atoms with E-state index in [-0.39, 0.29) is 0 Å². The molecule has 1 aromatic heterocycles. The van der Waals surface area contributed by atoms with Gasteiger partial charge in [-0.3, -0.25) is 15.6 Å². The minimum Gasteiger partial charge on any atom is -0.492 e. The zero-order valence-corrected chi connectivity index (χ0v) is 19.9. The van der Waals surface area contributed by atoms with Gasteiger partial charge in [0.2, 0.25) is 0 Å². The fourth-order valence-corrected chi connectivity index (χ4v) is 3.89. The number of anilines is 1. The molecule has 0 saturated heterocycles. The van der Waals surface area contributed by atoms with E-state index in [4.69, 9.17) is 20.6 Å². The molecule has 0 saturated carbocycles. The van der Waals surface area contributed by atoms with Crippen LogP contribution < -0.4 is 21.1 Å². The summed E-state index contributed by atoms with van der Waals surface area (Å²) < 4.78 is 13.1. The lowest BCUT2D eigenvalue weighted by molar-refractivity contribution is 0.168. The van der Waals surface area contributed by atoms with Crippen molar-refractivity contribution in [2.75, 3.05) is 31.7 Å². The van der Waals surface area contributed by atoms with E-state index in [1.165, 1.54) is 6.34 Å². The Morgan fingerprint density at radius 3 is 2.76 bits per heavy atom. The molecule has 1 amide bonds. The lowest BCUT2D eigenvalue weighted by atomic mass is 10.0. The maximum absolute atomic E-state index is 11.9. The molecule has 0 spiro atoms. The van der Waals surface area contributed by atoms with Crippen molar-refractivity contribution in [2.24, 2.45) is 10.7 Å². The van der Waals surface area contributed by atoms with Crippen molar-refractivity contribution in [1.82, 2.24) is 9.88 Å². The van der Waals surface area contributed by atoms with E-state index < -0.39 is 6.09 Å². The number of hydrogen-bond donors (Lipinski definition) is 4. The van der Waals surface area contributed by atoms with Crippen LogP contribution in [0, 0.1) is 5.41 Å². The van der Waals surface area contributed by atoms with Crippen molar-refractivity contribution in [3.63, 3.8) is 0 Å². The summed E-state index contributed by atoms with van der Waals surface area (Å²) in [5.74, 6) is 0.752. The Morgan fingerprint density at radius 2 is 2.06 bits per heavy atom. The summed E-state index contributed by atoms with van der Waals surface area (Å²) >= 11 is 0. The molecule has 3 aromatic rings. The number of benzene rings is 2. The minimum absolute atomic E-state index is 0.300. The Balaban J connectivity index is 1.97. The van der Waals surface area contributed by atoms with Crippen LogP contribution in [0.25, 0.3) is 22.2 Å². The van der Waals surface area contributed by atoms with Crippen molar-refractivity contribution in [3.8, 4) is 17.0 Å². The van der Waals surface area contributed by atoms with Crippen molar-refractivity contribution in [2.45, 2.75) is 27.3 Å². The molecule has 9 heteroatoms. The summed E-state index contributed by atoms with van der Waals surface area (Å²) in [5.41, 5.74) is 10.0. The maximum atomic E-state index is 11.9. The Bertz CT molecular complexity index is 1180. The third-order valence-electron chi connectivity index (χ3n) is 5.24. The summed E-state index contributed by atoms with van der Waals surface area (Å²) in [6.45, 7) is 8.21. The molecule has 3 rings (SSSR count). The molecule has 180 valence electrons. The van der Waals surface area contributed by atoms with Gasteiger partial charge in [0, 0.05) is 47.1 Å². The molecule has 34 heavy (non-hydrogen) atoms. The number of rotatable bonds is 11. The predicted molar refractivity (Wildman–Crippen MR) is 137 cm³/mol. The van der Waals surface area contributed by atoms with Crippen LogP contribution in [0.1, 0.15) is 26.3 Å². The first kappa shape index (κ1) is 24.8. The molecular formula is C25H32N6O3. The number of fused-ring (bicyclic) bond motifs is 1. The Morgan fingerprint density at radius 1 is 1.24 bits per heavy atom. The monoisotopic (exact) mass is 464 g/mol. The average Bonchev–Trinajstić information content (AvgIpc) is 3.15. The fraction of sp³-hybridized carbons (Fsp3) is 0.320. The van der Waals surface area contributed by atoms with Gasteiger partial charge in [-0.2, -0.15) is 0 Å². The number of aromatic nitrogens is 1. The Kier molecular flexibility index (Phi) is 8.64. The van der Waals surface area contributed by atoms with Crippen LogP contribution in [0.15, 0.2) is 47.5 Å². The van der Waals surface area contributed by atoms with Crippen molar-refractivity contribution < 1.29 is 14.3 Å². The molecule has 0 atom stereocenters. The first-order valence-corrected chi connectivity index (χ1v) is 11.3. The molecule has 2 aromatic carbocycles. The predicted octanol–water partition coefficient (Wildman–Crippen LogP) is 4.20. The summed E-state index contributed by atoms with van der Waals surface area (Å²) in [5, 5.41) is 15.4. The Labute approximate surface area is 199 Å². The molecule has 5 N–H and O–H groups in total. The largest absolute Gasteiger partial charge is 0.492 e. The van der Waals surface area contributed by atoms with E-state index >= 15 is 0 Å². The second kappa shape index (κ2) is 11.9. The smallest absolute Gasteiger partial charge is 0.411 e. The third kappa shape index (κ3) is 5.74. The third-order valence-corrected chi connectivity index (χ3v) is 5.24. The van der Waals surface area contributed by atoms with Gasteiger partial charge in [-0.15, -0.1) is 0 Å². The van der Waals surface area contributed by atoms with Gasteiger partial charge >= 0.3 is 6.09 Å². The normalized spacial score (nSPS) is 11.1. The van der Waals surface area contributed by atoms with E-state index in [1.54, 1.807) is 13.8 Å². The standard InChI is InChI=1S/C25H32N6O3/c1-4-31-22-14-20(34-12-11-28-16-29-15-26)9-10-21(22)23(17(3)27)24(31)18-7-6-8-19(13-18)30-25(32)33-5-2/h6-10,13-15,27-28H,4-5,11-12,16H2,1-3H3,(H2,26,29)(H,30,32). The number of nitrogens with zero attached hydrogens (tertiary/aromatic N) is 2. The van der Waals surface area contributed by atoms with Gasteiger partial charge in [0.25, 0.3) is 0 Å². The zero-order valence-electron chi connectivity index (χ0n) is 19.9. The van der Waals surface area contributed by atoms with Crippen LogP contribution in [0.5, 0.6) is 5.75 Å². The number of carbonyl (C=O) groups is 1. The summed E-state index contributed by atoms with van der Waals surface area (Å²) in [6, 6.07) is 13.5. The highest BCUT2D eigenvalue weighted by Gasteiger charge is 2.20. The summed E-state index contributed by atoms with van der Waals surface area (Å²) in [7, 11) is 0. The molecule has 9 nitrogen and oxygen atoms in total. The molecule has 0 aliphatic carbocycles. The van der Waals surface area contributed by atoms with Crippen molar-refractivity contribution in [1.29, 1.82) is 5.41 Å². The average molecular weight is 465 g/mol. The first-order chi connectivity index (χ1) is 16.5. The highest BCUT2D eigenvalue weighted by Crippen LogP contribution is 2.37. The van der Waals surface area contributed by atoms with Crippen LogP contribution >= 0.6 is 0 Å². The molecule has 0 radical (unpaired) electrons. The van der Waals surface area contributed by atoms with Crippen LogP contribution in [-0.4, -0.2) is 49.1 Å². The molecule has 1 heterocycles.